The Morgan fingerprint density at radius 3 is 3.07 bits per heavy atom. The summed E-state index contributed by atoms with van der Waals surface area (Å²) in [4.78, 5) is 2.39. The van der Waals surface area contributed by atoms with Crippen molar-refractivity contribution in [2.45, 2.75) is 25.9 Å². The lowest BCUT2D eigenvalue weighted by Gasteiger charge is -2.22. The van der Waals surface area contributed by atoms with Gasteiger partial charge in [0.15, 0.2) is 0 Å². The monoisotopic (exact) mass is 195 g/mol. The van der Waals surface area contributed by atoms with E-state index in [1.807, 2.05) is 6.07 Å². The Balaban J connectivity index is 1.94. The number of nitrogens with zero attached hydrogens (tertiary/aromatic N) is 1. The largest absolute Gasteiger partial charge is 0.472 e. The standard InChI is InChI=1S/C11H17NO2/c1-9-11(7-13)2-4-12(9)6-10-3-5-14-8-10/h3,5,8-9,11,13H,2,4,6-7H2,1H3. The van der Waals surface area contributed by atoms with Gasteiger partial charge in [-0.15, -0.1) is 0 Å². The molecule has 14 heavy (non-hydrogen) atoms. The van der Waals surface area contributed by atoms with Crippen LogP contribution in [0.5, 0.6) is 0 Å². The molecule has 1 saturated heterocycles. The van der Waals surface area contributed by atoms with Gasteiger partial charge in [0.25, 0.3) is 0 Å². The molecule has 3 heteroatoms. The molecule has 1 aromatic heterocycles. The number of aliphatic hydroxyl groups excluding tert-OH is 1. The van der Waals surface area contributed by atoms with Crippen molar-refractivity contribution < 1.29 is 9.52 Å². The van der Waals surface area contributed by atoms with Crippen molar-refractivity contribution in [2.75, 3.05) is 13.2 Å². The molecule has 2 unspecified atom stereocenters. The molecule has 1 fully saturated rings. The first-order chi connectivity index (χ1) is 6.81. The zero-order valence-electron chi connectivity index (χ0n) is 8.52. The third-order valence-corrected chi connectivity index (χ3v) is 3.25. The number of aliphatic hydroxyl groups is 1. The summed E-state index contributed by atoms with van der Waals surface area (Å²) in [5, 5.41) is 9.14. The first-order valence-corrected chi connectivity index (χ1v) is 5.17. The fourth-order valence-electron chi connectivity index (χ4n) is 2.16. The van der Waals surface area contributed by atoms with Crippen molar-refractivity contribution >= 4 is 0 Å². The Kier molecular flexibility index (Phi) is 2.89. The van der Waals surface area contributed by atoms with Crippen LogP contribution < -0.4 is 0 Å². The predicted molar refractivity (Wildman–Crippen MR) is 53.8 cm³/mol. The quantitative estimate of drug-likeness (QED) is 0.793. The second-order valence-electron chi connectivity index (χ2n) is 4.07. The third-order valence-electron chi connectivity index (χ3n) is 3.25. The maximum absolute atomic E-state index is 9.14. The Labute approximate surface area is 84.3 Å². The van der Waals surface area contributed by atoms with Crippen LogP contribution in [0.2, 0.25) is 0 Å². The first kappa shape index (κ1) is 9.74. The summed E-state index contributed by atoms with van der Waals surface area (Å²) in [5.74, 6) is 0.446. The van der Waals surface area contributed by atoms with E-state index in [0.29, 0.717) is 18.6 Å². The molecule has 1 N–H and O–H groups in total. The second kappa shape index (κ2) is 4.15. The van der Waals surface area contributed by atoms with Gasteiger partial charge in [-0.1, -0.05) is 0 Å². The lowest BCUT2D eigenvalue weighted by molar-refractivity contribution is 0.172. The van der Waals surface area contributed by atoms with Gasteiger partial charge in [0.2, 0.25) is 0 Å². The lowest BCUT2D eigenvalue weighted by Crippen LogP contribution is -2.30. The number of rotatable bonds is 3. The molecule has 1 aliphatic rings. The number of likely N-dealkylation sites (tertiary alicyclic amines) is 1. The second-order valence-corrected chi connectivity index (χ2v) is 4.07. The smallest absolute Gasteiger partial charge is 0.0947 e. The van der Waals surface area contributed by atoms with Crippen LogP contribution in [0, 0.1) is 5.92 Å². The van der Waals surface area contributed by atoms with E-state index < -0.39 is 0 Å². The molecular weight excluding hydrogens is 178 g/mol. The molecular formula is C11H17NO2. The van der Waals surface area contributed by atoms with Crippen molar-refractivity contribution in [1.29, 1.82) is 0 Å². The van der Waals surface area contributed by atoms with Crippen molar-refractivity contribution in [3.63, 3.8) is 0 Å². The zero-order chi connectivity index (χ0) is 9.97. The van der Waals surface area contributed by atoms with Crippen LogP contribution >= 0.6 is 0 Å². The minimum absolute atomic E-state index is 0.309. The number of furan rings is 1. The zero-order valence-corrected chi connectivity index (χ0v) is 8.52. The summed E-state index contributed by atoms with van der Waals surface area (Å²) in [7, 11) is 0. The molecule has 0 aliphatic carbocycles. The summed E-state index contributed by atoms with van der Waals surface area (Å²) >= 11 is 0. The van der Waals surface area contributed by atoms with E-state index in [-0.39, 0.29) is 0 Å². The Morgan fingerprint density at radius 2 is 2.50 bits per heavy atom. The summed E-state index contributed by atoms with van der Waals surface area (Å²) in [6.45, 7) is 4.52. The van der Waals surface area contributed by atoms with Gasteiger partial charge in [0, 0.05) is 24.8 Å². The maximum Gasteiger partial charge on any atom is 0.0947 e. The fourth-order valence-corrected chi connectivity index (χ4v) is 2.16. The third kappa shape index (κ3) is 1.83. The molecule has 0 spiro atoms. The number of hydrogen-bond acceptors (Lipinski definition) is 3. The van der Waals surface area contributed by atoms with Crippen molar-refractivity contribution in [2.24, 2.45) is 5.92 Å². The van der Waals surface area contributed by atoms with E-state index >= 15 is 0 Å². The summed E-state index contributed by atoms with van der Waals surface area (Å²) in [6.07, 6.45) is 4.61. The van der Waals surface area contributed by atoms with Crippen LogP contribution in [-0.4, -0.2) is 29.2 Å². The molecule has 1 aromatic rings. The molecule has 0 saturated carbocycles. The van der Waals surface area contributed by atoms with E-state index in [4.69, 9.17) is 9.52 Å². The van der Waals surface area contributed by atoms with Crippen molar-refractivity contribution in [3.05, 3.63) is 24.2 Å². The van der Waals surface area contributed by atoms with Crippen LogP contribution in [0.1, 0.15) is 18.9 Å². The van der Waals surface area contributed by atoms with Crippen LogP contribution in [0.4, 0.5) is 0 Å². The Hall–Kier alpha value is -0.800. The maximum atomic E-state index is 9.14. The molecule has 3 nitrogen and oxygen atoms in total. The summed E-state index contributed by atoms with van der Waals surface area (Å²) in [6, 6.07) is 2.48. The SMILES string of the molecule is CC1C(CO)CCN1Cc1ccoc1. The van der Waals surface area contributed by atoms with Gasteiger partial charge >= 0.3 is 0 Å². The highest BCUT2D eigenvalue weighted by Gasteiger charge is 2.29. The van der Waals surface area contributed by atoms with Crippen LogP contribution in [0.25, 0.3) is 0 Å². The van der Waals surface area contributed by atoms with E-state index in [9.17, 15) is 0 Å². The molecule has 78 valence electrons. The highest BCUT2D eigenvalue weighted by atomic mass is 16.3. The predicted octanol–water partition coefficient (Wildman–Crippen LogP) is 1.48. The van der Waals surface area contributed by atoms with E-state index in [0.717, 1.165) is 19.5 Å². The van der Waals surface area contributed by atoms with E-state index in [1.165, 1.54) is 5.56 Å². The number of hydrogen-bond donors (Lipinski definition) is 1. The van der Waals surface area contributed by atoms with Crippen LogP contribution in [0.3, 0.4) is 0 Å². The molecule has 1 aliphatic heterocycles. The van der Waals surface area contributed by atoms with Gasteiger partial charge in [-0.3, -0.25) is 4.90 Å². The Bertz CT molecular complexity index is 271. The van der Waals surface area contributed by atoms with Gasteiger partial charge in [0.1, 0.15) is 0 Å². The highest BCUT2D eigenvalue weighted by Crippen LogP contribution is 2.25. The van der Waals surface area contributed by atoms with Gasteiger partial charge in [0.05, 0.1) is 12.5 Å². The van der Waals surface area contributed by atoms with Crippen molar-refractivity contribution in [3.8, 4) is 0 Å². The van der Waals surface area contributed by atoms with E-state index in [2.05, 4.69) is 11.8 Å². The summed E-state index contributed by atoms with van der Waals surface area (Å²) in [5.41, 5.74) is 1.22. The Morgan fingerprint density at radius 1 is 1.64 bits per heavy atom. The van der Waals surface area contributed by atoms with E-state index in [1.54, 1.807) is 12.5 Å². The van der Waals surface area contributed by atoms with Crippen molar-refractivity contribution in [1.82, 2.24) is 4.90 Å². The lowest BCUT2D eigenvalue weighted by atomic mass is 10.0. The molecule has 2 atom stereocenters. The summed E-state index contributed by atoms with van der Waals surface area (Å²) < 4.78 is 5.04. The van der Waals surface area contributed by atoms with Gasteiger partial charge in [-0.25, -0.2) is 0 Å². The average molecular weight is 195 g/mol. The molecule has 0 bridgehead atoms. The average Bonchev–Trinajstić information content (AvgIpc) is 2.79. The van der Waals surface area contributed by atoms with Gasteiger partial charge < -0.3 is 9.52 Å². The fraction of sp³-hybridized carbons (Fsp3) is 0.636. The molecule has 0 radical (unpaired) electrons. The highest BCUT2D eigenvalue weighted by molar-refractivity contribution is 5.06. The molecule has 0 aromatic carbocycles. The normalized spacial score (nSPS) is 28.4. The van der Waals surface area contributed by atoms with Crippen LogP contribution in [-0.2, 0) is 6.54 Å². The van der Waals surface area contributed by atoms with Gasteiger partial charge in [-0.05, 0) is 31.9 Å². The van der Waals surface area contributed by atoms with Crippen LogP contribution in [0.15, 0.2) is 23.0 Å². The minimum Gasteiger partial charge on any atom is -0.472 e. The minimum atomic E-state index is 0.309. The van der Waals surface area contributed by atoms with Gasteiger partial charge in [-0.2, -0.15) is 0 Å². The molecule has 0 amide bonds. The molecule has 2 heterocycles. The first-order valence-electron chi connectivity index (χ1n) is 5.17. The molecule has 2 rings (SSSR count). The topological polar surface area (TPSA) is 36.6 Å².